The summed E-state index contributed by atoms with van der Waals surface area (Å²) in [6.45, 7) is -0.100. The van der Waals surface area contributed by atoms with Gasteiger partial charge in [-0.2, -0.15) is 0 Å². The Kier molecular flexibility index (Phi) is 4.36. The number of nitrogen functional groups attached to an aromatic ring is 1. The summed E-state index contributed by atoms with van der Waals surface area (Å²) in [6, 6.07) is 10.6. The number of nitrogens with zero attached hydrogens (tertiary/aromatic N) is 2. The second-order valence-corrected chi connectivity index (χ2v) is 5.37. The molecule has 8 heteroatoms. The second-order valence-electron chi connectivity index (χ2n) is 5.37. The average Bonchev–Trinajstić information content (AvgIpc) is 2.59. The maximum absolute atomic E-state index is 12.6. The van der Waals surface area contributed by atoms with E-state index in [0.29, 0.717) is 22.7 Å². The number of nitro benzene ring substituents is 1. The van der Waals surface area contributed by atoms with Crippen molar-refractivity contribution in [2.75, 3.05) is 23.8 Å². The molecule has 0 bridgehead atoms. The van der Waals surface area contributed by atoms with E-state index in [0.717, 1.165) is 0 Å². The lowest BCUT2D eigenvalue weighted by atomic mass is 10.1. The van der Waals surface area contributed by atoms with E-state index in [9.17, 15) is 20.0 Å². The van der Waals surface area contributed by atoms with Crippen LogP contribution in [0, 0.1) is 10.1 Å². The fraction of sp³-hybridized carbons (Fsp3) is 0.118. The van der Waals surface area contributed by atoms with Crippen LogP contribution < -0.4 is 15.4 Å². The highest BCUT2D eigenvalue weighted by molar-refractivity contribution is 6.10. The summed E-state index contributed by atoms with van der Waals surface area (Å²) in [5.41, 5.74) is 7.29. The highest BCUT2D eigenvalue weighted by Gasteiger charge is 2.30. The van der Waals surface area contributed by atoms with Crippen molar-refractivity contribution in [3.05, 3.63) is 63.9 Å². The molecular weight excluding hydrogens is 326 g/mol. The Bertz CT molecular complexity index is 861. The SMILES string of the molecule is Nc1ccc2c(c1)O/C(=C/c1ccc([N+](=O)[O-])cc1)C(=O)N2CCO. The van der Waals surface area contributed by atoms with Crippen LogP contribution in [0.15, 0.2) is 48.2 Å². The van der Waals surface area contributed by atoms with Gasteiger partial charge in [-0.3, -0.25) is 19.8 Å². The lowest BCUT2D eigenvalue weighted by Gasteiger charge is -2.30. The van der Waals surface area contributed by atoms with E-state index in [1.54, 1.807) is 18.2 Å². The van der Waals surface area contributed by atoms with Crippen LogP contribution in [0.5, 0.6) is 5.75 Å². The molecule has 0 saturated carbocycles. The summed E-state index contributed by atoms with van der Waals surface area (Å²) in [5.74, 6) is 0.0336. The number of carbonyl (C=O) groups is 1. The monoisotopic (exact) mass is 341 g/mol. The van der Waals surface area contributed by atoms with Crippen LogP contribution in [0.1, 0.15) is 5.56 Å². The Morgan fingerprint density at radius 3 is 2.60 bits per heavy atom. The number of aliphatic hydroxyl groups is 1. The number of non-ortho nitro benzene ring substituents is 1. The van der Waals surface area contributed by atoms with Crippen molar-refractivity contribution in [1.29, 1.82) is 0 Å². The van der Waals surface area contributed by atoms with Gasteiger partial charge in [0.25, 0.3) is 11.6 Å². The van der Waals surface area contributed by atoms with Crippen LogP contribution in [0.2, 0.25) is 0 Å². The van der Waals surface area contributed by atoms with Gasteiger partial charge < -0.3 is 15.6 Å². The number of benzene rings is 2. The van der Waals surface area contributed by atoms with Crippen LogP contribution in [0.4, 0.5) is 17.1 Å². The van der Waals surface area contributed by atoms with E-state index in [1.165, 1.54) is 35.2 Å². The predicted octanol–water partition coefficient (Wildman–Crippen LogP) is 1.94. The molecule has 0 radical (unpaired) electrons. The summed E-state index contributed by atoms with van der Waals surface area (Å²) >= 11 is 0. The third kappa shape index (κ3) is 3.29. The highest BCUT2D eigenvalue weighted by atomic mass is 16.6. The normalized spacial score (nSPS) is 15.0. The van der Waals surface area contributed by atoms with Crippen LogP contribution in [0.25, 0.3) is 6.08 Å². The molecule has 2 aromatic carbocycles. The minimum Gasteiger partial charge on any atom is -0.449 e. The van der Waals surface area contributed by atoms with E-state index < -0.39 is 10.8 Å². The molecule has 3 N–H and O–H groups in total. The summed E-state index contributed by atoms with van der Waals surface area (Å²) in [7, 11) is 0. The number of rotatable bonds is 4. The Labute approximate surface area is 142 Å². The van der Waals surface area contributed by atoms with Crippen molar-refractivity contribution in [3.8, 4) is 5.75 Å². The first kappa shape index (κ1) is 16.5. The molecule has 1 heterocycles. The topological polar surface area (TPSA) is 119 Å². The first-order valence-electron chi connectivity index (χ1n) is 7.46. The highest BCUT2D eigenvalue weighted by Crippen LogP contribution is 2.37. The smallest absolute Gasteiger partial charge is 0.294 e. The zero-order chi connectivity index (χ0) is 18.0. The number of carbonyl (C=O) groups excluding carboxylic acids is 1. The van der Waals surface area contributed by atoms with E-state index in [4.69, 9.17) is 10.5 Å². The minimum absolute atomic E-state index is 0.0420. The second kappa shape index (κ2) is 6.62. The van der Waals surface area contributed by atoms with Crippen LogP contribution >= 0.6 is 0 Å². The van der Waals surface area contributed by atoms with Crippen molar-refractivity contribution < 1.29 is 19.6 Å². The van der Waals surface area contributed by atoms with Gasteiger partial charge in [0.2, 0.25) is 0 Å². The molecule has 8 nitrogen and oxygen atoms in total. The Morgan fingerprint density at radius 1 is 1.24 bits per heavy atom. The van der Waals surface area contributed by atoms with Gasteiger partial charge in [-0.05, 0) is 35.9 Å². The van der Waals surface area contributed by atoms with Gasteiger partial charge in [-0.15, -0.1) is 0 Å². The number of hydrogen-bond donors (Lipinski definition) is 2. The Morgan fingerprint density at radius 2 is 1.96 bits per heavy atom. The van der Waals surface area contributed by atoms with Gasteiger partial charge in [-0.25, -0.2) is 0 Å². The molecule has 1 aliphatic heterocycles. The van der Waals surface area contributed by atoms with E-state index in [1.807, 2.05) is 0 Å². The predicted molar refractivity (Wildman–Crippen MR) is 92.0 cm³/mol. The number of anilines is 2. The first-order chi connectivity index (χ1) is 12.0. The summed E-state index contributed by atoms with van der Waals surface area (Å²) in [4.78, 5) is 24.2. The molecule has 1 aliphatic rings. The molecule has 0 atom stereocenters. The first-order valence-corrected chi connectivity index (χ1v) is 7.46. The fourth-order valence-electron chi connectivity index (χ4n) is 2.50. The van der Waals surface area contributed by atoms with Crippen molar-refractivity contribution in [1.82, 2.24) is 0 Å². The fourth-order valence-corrected chi connectivity index (χ4v) is 2.50. The maximum atomic E-state index is 12.6. The molecule has 1 amide bonds. The van der Waals surface area contributed by atoms with Crippen LogP contribution in [-0.4, -0.2) is 29.1 Å². The molecule has 2 aromatic rings. The Hall–Kier alpha value is -3.39. The molecule has 0 aliphatic carbocycles. The molecule has 0 fully saturated rings. The summed E-state index contributed by atoms with van der Waals surface area (Å²) in [5, 5.41) is 19.9. The van der Waals surface area contributed by atoms with Crippen LogP contribution in [0.3, 0.4) is 0 Å². The van der Waals surface area contributed by atoms with Crippen molar-refractivity contribution >= 4 is 29.0 Å². The van der Waals surface area contributed by atoms with Gasteiger partial charge in [0.1, 0.15) is 0 Å². The van der Waals surface area contributed by atoms with Crippen LogP contribution in [-0.2, 0) is 4.79 Å². The number of amides is 1. The van der Waals surface area contributed by atoms with Crippen molar-refractivity contribution in [2.24, 2.45) is 0 Å². The van der Waals surface area contributed by atoms with E-state index >= 15 is 0 Å². The Balaban J connectivity index is 1.98. The quantitative estimate of drug-likeness (QED) is 0.380. The molecule has 25 heavy (non-hydrogen) atoms. The number of ether oxygens (including phenoxy) is 1. The van der Waals surface area contributed by atoms with Gasteiger partial charge in [0, 0.05) is 30.4 Å². The van der Waals surface area contributed by atoms with Crippen molar-refractivity contribution in [3.63, 3.8) is 0 Å². The number of nitrogens with two attached hydrogens (primary N) is 1. The summed E-state index contributed by atoms with van der Waals surface area (Å²) < 4.78 is 5.66. The maximum Gasteiger partial charge on any atom is 0.294 e. The van der Waals surface area contributed by atoms with Gasteiger partial charge in [-0.1, -0.05) is 0 Å². The molecular formula is C17H15N3O5. The number of nitro groups is 1. The van der Waals surface area contributed by atoms with Gasteiger partial charge >= 0.3 is 0 Å². The number of β-amino-alcohol motifs (C(OH)–C–C–N with tert-alkyl or cyclic N) is 1. The lowest BCUT2D eigenvalue weighted by Crippen LogP contribution is -2.39. The lowest BCUT2D eigenvalue weighted by molar-refractivity contribution is -0.384. The molecule has 0 unspecified atom stereocenters. The number of aliphatic hydroxyl groups excluding tert-OH is 1. The molecule has 0 spiro atoms. The van der Waals surface area contributed by atoms with Gasteiger partial charge in [0.05, 0.1) is 17.2 Å². The largest absolute Gasteiger partial charge is 0.449 e. The average molecular weight is 341 g/mol. The van der Waals surface area contributed by atoms with Crippen molar-refractivity contribution in [2.45, 2.75) is 0 Å². The zero-order valence-corrected chi connectivity index (χ0v) is 13.1. The minimum atomic E-state index is -0.499. The third-order valence-electron chi connectivity index (χ3n) is 3.68. The standard InChI is InChI=1S/C17H15N3O5/c18-12-3-6-14-15(10-12)25-16(17(22)19(14)7-8-21)9-11-1-4-13(5-2-11)20(23)24/h1-6,9-10,21H,7-8,18H2/b16-9+. The molecule has 0 saturated heterocycles. The van der Waals surface area contributed by atoms with E-state index in [-0.39, 0.29) is 24.6 Å². The summed E-state index contributed by atoms with van der Waals surface area (Å²) in [6.07, 6.45) is 1.49. The molecule has 3 rings (SSSR count). The number of fused-ring (bicyclic) bond motifs is 1. The molecule has 0 aromatic heterocycles. The number of hydrogen-bond acceptors (Lipinski definition) is 6. The van der Waals surface area contributed by atoms with E-state index in [2.05, 4.69) is 0 Å². The van der Waals surface area contributed by atoms with Gasteiger partial charge in [0.15, 0.2) is 11.5 Å². The third-order valence-corrected chi connectivity index (χ3v) is 3.68. The zero-order valence-electron chi connectivity index (χ0n) is 13.1. The molecule has 128 valence electrons.